The second-order valence-corrected chi connectivity index (χ2v) is 3.24. The first-order chi connectivity index (χ1) is 6.53. The highest BCUT2D eigenvalue weighted by Gasteiger charge is 2.27. The fourth-order valence-electron chi connectivity index (χ4n) is 0.779. The summed E-state index contributed by atoms with van der Waals surface area (Å²) in [6, 6.07) is 6.18. The van der Waals surface area contributed by atoms with Crippen LogP contribution in [0.5, 0.6) is 5.75 Å². The molecule has 2 nitrogen and oxygen atoms in total. The van der Waals surface area contributed by atoms with Gasteiger partial charge in [0.15, 0.2) is 6.61 Å². The molecule has 0 saturated carbocycles. The number of hydrogen-bond donors (Lipinski definition) is 1. The molecular formula is C9H10ClF2NO. The van der Waals surface area contributed by atoms with Gasteiger partial charge in [-0.05, 0) is 24.3 Å². The van der Waals surface area contributed by atoms with Crippen molar-refractivity contribution in [3.05, 3.63) is 29.3 Å². The van der Waals surface area contributed by atoms with Crippen LogP contribution in [0, 0.1) is 0 Å². The van der Waals surface area contributed by atoms with Crippen LogP contribution < -0.4 is 10.5 Å². The zero-order valence-corrected chi connectivity index (χ0v) is 8.10. The van der Waals surface area contributed by atoms with Gasteiger partial charge in [0, 0.05) is 5.02 Å². The van der Waals surface area contributed by atoms with Crippen LogP contribution in [0.25, 0.3) is 0 Å². The van der Waals surface area contributed by atoms with Crippen molar-refractivity contribution in [2.24, 2.45) is 5.73 Å². The lowest BCUT2D eigenvalue weighted by molar-refractivity contribution is -0.0319. The largest absolute Gasteiger partial charge is 0.487 e. The van der Waals surface area contributed by atoms with Crippen molar-refractivity contribution in [2.45, 2.75) is 5.92 Å². The molecule has 0 aliphatic heterocycles. The molecule has 1 aromatic rings. The normalized spacial score (nSPS) is 11.4. The topological polar surface area (TPSA) is 35.2 Å². The highest BCUT2D eigenvalue weighted by atomic mass is 35.5. The number of halogens is 3. The summed E-state index contributed by atoms with van der Waals surface area (Å²) in [5, 5.41) is 0.530. The Balaban J connectivity index is 2.50. The Hall–Kier alpha value is -0.870. The average Bonchev–Trinajstić information content (AvgIpc) is 2.17. The van der Waals surface area contributed by atoms with E-state index in [0.717, 1.165) is 0 Å². The van der Waals surface area contributed by atoms with Gasteiger partial charge in [-0.25, -0.2) is 8.78 Å². The van der Waals surface area contributed by atoms with E-state index in [0.29, 0.717) is 10.8 Å². The van der Waals surface area contributed by atoms with Gasteiger partial charge in [-0.15, -0.1) is 0 Å². The molecule has 0 radical (unpaired) electrons. The van der Waals surface area contributed by atoms with E-state index in [1.54, 1.807) is 12.1 Å². The van der Waals surface area contributed by atoms with Gasteiger partial charge >= 0.3 is 0 Å². The van der Waals surface area contributed by atoms with Crippen molar-refractivity contribution >= 4 is 11.6 Å². The Morgan fingerprint density at radius 3 is 2.36 bits per heavy atom. The standard InChI is InChI=1S/C9H10ClF2NO/c10-7-1-3-8(4-2-7)14-6-9(11,12)5-13/h1-4H,5-6,13H2. The molecule has 0 aromatic heterocycles. The van der Waals surface area contributed by atoms with Crippen LogP contribution in [-0.2, 0) is 0 Å². The molecule has 0 spiro atoms. The summed E-state index contributed by atoms with van der Waals surface area (Å²) in [5.74, 6) is -2.64. The quantitative estimate of drug-likeness (QED) is 0.847. The molecule has 0 bridgehead atoms. The molecule has 0 aliphatic rings. The number of ether oxygens (including phenoxy) is 1. The van der Waals surface area contributed by atoms with Gasteiger partial charge in [0.25, 0.3) is 5.92 Å². The minimum absolute atomic E-state index is 0.350. The molecular weight excluding hydrogens is 212 g/mol. The molecule has 5 heteroatoms. The summed E-state index contributed by atoms with van der Waals surface area (Å²) in [6.45, 7) is -1.44. The molecule has 78 valence electrons. The van der Waals surface area contributed by atoms with E-state index in [9.17, 15) is 8.78 Å². The smallest absolute Gasteiger partial charge is 0.293 e. The lowest BCUT2D eigenvalue weighted by Gasteiger charge is -2.14. The Bertz CT molecular complexity index is 289. The minimum Gasteiger partial charge on any atom is -0.487 e. The van der Waals surface area contributed by atoms with Crippen LogP contribution in [0.3, 0.4) is 0 Å². The SMILES string of the molecule is NCC(F)(F)COc1ccc(Cl)cc1. The third-order valence-corrected chi connectivity index (χ3v) is 1.81. The molecule has 14 heavy (non-hydrogen) atoms. The Morgan fingerprint density at radius 1 is 1.29 bits per heavy atom. The molecule has 0 saturated heterocycles. The highest BCUT2D eigenvalue weighted by Crippen LogP contribution is 2.18. The first-order valence-electron chi connectivity index (χ1n) is 4.00. The van der Waals surface area contributed by atoms with Crippen LogP contribution >= 0.6 is 11.6 Å². The number of hydrogen-bond acceptors (Lipinski definition) is 2. The van der Waals surface area contributed by atoms with Gasteiger partial charge in [-0.2, -0.15) is 0 Å². The van der Waals surface area contributed by atoms with E-state index in [2.05, 4.69) is 0 Å². The summed E-state index contributed by atoms with van der Waals surface area (Å²) < 4.78 is 30.1. The maximum Gasteiger partial charge on any atom is 0.293 e. The predicted octanol–water partition coefficient (Wildman–Crippen LogP) is 2.31. The molecule has 1 aromatic carbocycles. The van der Waals surface area contributed by atoms with Crippen molar-refractivity contribution in [1.82, 2.24) is 0 Å². The maximum atomic E-state index is 12.6. The first-order valence-corrected chi connectivity index (χ1v) is 4.37. The number of alkyl halides is 2. The first kappa shape index (κ1) is 11.2. The molecule has 0 unspecified atom stereocenters. The van der Waals surface area contributed by atoms with E-state index < -0.39 is 19.1 Å². The number of benzene rings is 1. The van der Waals surface area contributed by atoms with Gasteiger partial charge in [-0.3, -0.25) is 0 Å². The van der Waals surface area contributed by atoms with Gasteiger partial charge in [-0.1, -0.05) is 11.6 Å². The number of rotatable bonds is 4. The molecule has 0 fully saturated rings. The van der Waals surface area contributed by atoms with E-state index in [4.69, 9.17) is 22.1 Å². The van der Waals surface area contributed by atoms with Crippen LogP contribution in [0.1, 0.15) is 0 Å². The lowest BCUT2D eigenvalue weighted by Crippen LogP contribution is -2.34. The second-order valence-electron chi connectivity index (χ2n) is 2.80. The van der Waals surface area contributed by atoms with Crippen LogP contribution in [0.2, 0.25) is 5.02 Å². The molecule has 0 heterocycles. The fraction of sp³-hybridized carbons (Fsp3) is 0.333. The Kier molecular flexibility index (Phi) is 3.66. The van der Waals surface area contributed by atoms with E-state index >= 15 is 0 Å². The minimum atomic E-state index is -2.99. The van der Waals surface area contributed by atoms with Crippen molar-refractivity contribution < 1.29 is 13.5 Å². The third-order valence-electron chi connectivity index (χ3n) is 1.56. The maximum absolute atomic E-state index is 12.6. The van der Waals surface area contributed by atoms with E-state index in [1.165, 1.54) is 12.1 Å². The van der Waals surface area contributed by atoms with Gasteiger partial charge < -0.3 is 10.5 Å². The summed E-state index contributed by atoms with van der Waals surface area (Å²) in [5.41, 5.74) is 4.84. The van der Waals surface area contributed by atoms with Crippen molar-refractivity contribution in [1.29, 1.82) is 0 Å². The molecule has 0 aliphatic carbocycles. The summed E-state index contributed by atoms with van der Waals surface area (Å²) >= 11 is 5.61. The second kappa shape index (κ2) is 4.57. The summed E-state index contributed by atoms with van der Waals surface area (Å²) in [6.07, 6.45) is 0. The Morgan fingerprint density at radius 2 is 1.86 bits per heavy atom. The van der Waals surface area contributed by atoms with E-state index in [1.807, 2.05) is 0 Å². The van der Waals surface area contributed by atoms with E-state index in [-0.39, 0.29) is 0 Å². The van der Waals surface area contributed by atoms with Crippen molar-refractivity contribution in [3.8, 4) is 5.75 Å². The van der Waals surface area contributed by atoms with Gasteiger partial charge in [0.1, 0.15) is 5.75 Å². The summed E-state index contributed by atoms with van der Waals surface area (Å²) in [4.78, 5) is 0. The average molecular weight is 222 g/mol. The van der Waals surface area contributed by atoms with Crippen LogP contribution in [-0.4, -0.2) is 19.1 Å². The third kappa shape index (κ3) is 3.47. The molecule has 0 amide bonds. The predicted molar refractivity (Wildman–Crippen MR) is 50.9 cm³/mol. The van der Waals surface area contributed by atoms with Crippen LogP contribution in [0.15, 0.2) is 24.3 Å². The zero-order valence-electron chi connectivity index (χ0n) is 7.34. The zero-order chi connectivity index (χ0) is 10.6. The number of nitrogens with two attached hydrogens (primary N) is 1. The monoisotopic (exact) mass is 221 g/mol. The van der Waals surface area contributed by atoms with Crippen LogP contribution in [0.4, 0.5) is 8.78 Å². The molecule has 0 atom stereocenters. The summed E-state index contributed by atoms with van der Waals surface area (Å²) in [7, 11) is 0. The van der Waals surface area contributed by atoms with Crippen molar-refractivity contribution in [2.75, 3.05) is 13.2 Å². The molecule has 2 N–H and O–H groups in total. The van der Waals surface area contributed by atoms with Gasteiger partial charge in [0.2, 0.25) is 0 Å². The molecule has 1 rings (SSSR count). The lowest BCUT2D eigenvalue weighted by atomic mass is 10.3. The highest BCUT2D eigenvalue weighted by molar-refractivity contribution is 6.30. The fourth-order valence-corrected chi connectivity index (χ4v) is 0.905. The Labute approximate surface area is 85.6 Å². The van der Waals surface area contributed by atoms with Gasteiger partial charge in [0.05, 0.1) is 6.54 Å². The van der Waals surface area contributed by atoms with Crippen molar-refractivity contribution in [3.63, 3.8) is 0 Å².